The molecular weight excluding hydrogens is 412 g/mol. The molecule has 0 saturated heterocycles. The molecule has 26 heavy (non-hydrogen) atoms. The third-order valence-electron chi connectivity index (χ3n) is 4.99. The lowest BCUT2D eigenvalue weighted by molar-refractivity contribution is -0.116. The molecule has 0 saturated carbocycles. The number of fused-ring (bicyclic) bond motifs is 1. The fraction of sp³-hybridized carbons (Fsp3) is 0.211. The zero-order chi connectivity index (χ0) is 17.7. The molecule has 1 aromatic carbocycles. The molecule has 1 N–H and O–H groups in total. The number of thiophene rings is 1. The molecule has 1 aliphatic carbocycles. The molecule has 3 aromatic rings. The first-order chi connectivity index (χ1) is 12.7. The Morgan fingerprint density at radius 1 is 1.19 bits per heavy atom. The highest BCUT2D eigenvalue weighted by atomic mass is 79.9. The summed E-state index contributed by atoms with van der Waals surface area (Å²) in [4.78, 5) is 18.8. The number of anilines is 1. The van der Waals surface area contributed by atoms with E-state index >= 15 is 0 Å². The second-order valence-corrected chi connectivity index (χ2v) is 8.44. The van der Waals surface area contributed by atoms with Crippen LogP contribution in [0.2, 0.25) is 0 Å². The van der Waals surface area contributed by atoms with Crippen molar-refractivity contribution in [2.24, 2.45) is 0 Å². The van der Waals surface area contributed by atoms with Gasteiger partial charge in [0, 0.05) is 33.0 Å². The van der Waals surface area contributed by atoms with Crippen molar-refractivity contribution < 1.29 is 4.79 Å². The Kier molecular flexibility index (Phi) is 3.79. The predicted octanol–water partition coefficient (Wildman–Crippen LogP) is 4.52. The topological polar surface area (TPSA) is 59.8 Å². The van der Waals surface area contributed by atoms with Gasteiger partial charge in [0.2, 0.25) is 5.95 Å². The van der Waals surface area contributed by atoms with Gasteiger partial charge in [-0.3, -0.25) is 4.79 Å². The van der Waals surface area contributed by atoms with Crippen LogP contribution in [0.4, 0.5) is 5.95 Å². The highest BCUT2D eigenvalue weighted by Crippen LogP contribution is 2.44. The van der Waals surface area contributed by atoms with Crippen LogP contribution in [-0.4, -0.2) is 20.5 Å². The Morgan fingerprint density at radius 3 is 2.81 bits per heavy atom. The predicted molar refractivity (Wildman–Crippen MR) is 104 cm³/mol. The van der Waals surface area contributed by atoms with E-state index in [1.54, 1.807) is 11.3 Å². The average molecular weight is 427 g/mol. The maximum atomic E-state index is 13.2. The third-order valence-corrected chi connectivity index (χ3v) is 6.56. The summed E-state index contributed by atoms with van der Waals surface area (Å²) in [6.45, 7) is 0. The average Bonchev–Trinajstić information content (AvgIpc) is 3.32. The van der Waals surface area contributed by atoms with Gasteiger partial charge in [-0.1, -0.05) is 34.1 Å². The van der Waals surface area contributed by atoms with Crippen molar-refractivity contribution in [3.05, 3.63) is 74.3 Å². The fourth-order valence-electron chi connectivity index (χ4n) is 3.83. The highest BCUT2D eigenvalue weighted by molar-refractivity contribution is 9.10. The van der Waals surface area contributed by atoms with Crippen LogP contribution in [0.25, 0.3) is 0 Å². The summed E-state index contributed by atoms with van der Waals surface area (Å²) in [5, 5.41) is 9.80. The Bertz CT molecular complexity index is 1010. The van der Waals surface area contributed by atoms with Crippen LogP contribution < -0.4 is 5.32 Å². The summed E-state index contributed by atoms with van der Waals surface area (Å²) >= 11 is 5.20. The lowest BCUT2D eigenvalue weighted by atomic mass is 9.80. The fourth-order valence-corrected chi connectivity index (χ4v) is 4.92. The molecule has 7 heteroatoms. The summed E-state index contributed by atoms with van der Waals surface area (Å²) in [5.41, 5.74) is 2.84. The number of rotatable bonds is 2. The molecule has 0 amide bonds. The van der Waals surface area contributed by atoms with Crippen LogP contribution in [0.15, 0.2) is 63.8 Å². The first kappa shape index (κ1) is 16.0. The summed E-state index contributed by atoms with van der Waals surface area (Å²) in [6.07, 6.45) is 2.90. The maximum absolute atomic E-state index is 13.2. The molecule has 2 aromatic heterocycles. The van der Waals surface area contributed by atoms with Crippen molar-refractivity contribution in [3.8, 4) is 0 Å². The van der Waals surface area contributed by atoms with E-state index in [4.69, 9.17) is 0 Å². The number of hydrogen-bond acceptors (Lipinski definition) is 5. The van der Waals surface area contributed by atoms with Crippen LogP contribution >= 0.6 is 27.3 Å². The minimum atomic E-state index is -0.228. The van der Waals surface area contributed by atoms with Crippen LogP contribution in [0.5, 0.6) is 0 Å². The minimum Gasteiger partial charge on any atom is -0.328 e. The SMILES string of the molecule is O=C1CC(c2cccs2)CC2=C1C(c1ccc(Br)cc1)n1ncnc1N2. The highest BCUT2D eigenvalue weighted by Gasteiger charge is 2.39. The monoisotopic (exact) mass is 426 g/mol. The molecule has 0 fully saturated rings. The summed E-state index contributed by atoms with van der Waals surface area (Å²) in [5.74, 6) is 1.11. The lowest BCUT2D eigenvalue weighted by Gasteiger charge is -2.34. The molecule has 5 rings (SSSR count). The Balaban J connectivity index is 1.62. The van der Waals surface area contributed by atoms with Gasteiger partial charge in [0.1, 0.15) is 12.4 Å². The summed E-state index contributed by atoms with van der Waals surface area (Å²) in [7, 11) is 0. The van der Waals surface area contributed by atoms with Gasteiger partial charge in [0.15, 0.2) is 5.78 Å². The molecule has 0 bridgehead atoms. The van der Waals surface area contributed by atoms with Crippen molar-refractivity contribution in [1.29, 1.82) is 0 Å². The first-order valence-corrected chi connectivity index (χ1v) is 10.1. The van der Waals surface area contributed by atoms with E-state index < -0.39 is 0 Å². The molecule has 2 aliphatic rings. The van der Waals surface area contributed by atoms with Gasteiger partial charge < -0.3 is 5.32 Å². The number of nitrogens with zero attached hydrogens (tertiary/aromatic N) is 3. The normalized spacial score (nSPS) is 22.0. The number of Topliss-reactive ketones (excluding diaryl/α,β-unsaturated/α-hetero) is 1. The van der Waals surface area contributed by atoms with Gasteiger partial charge in [-0.2, -0.15) is 10.1 Å². The standard InChI is InChI=1S/C19H15BrN4OS/c20-13-5-3-11(4-6-13)18-17-14(23-19-21-10-22-24(18)19)8-12(9-15(17)25)16-2-1-7-26-16/h1-7,10,12,18H,8-9H2,(H,21,22,23). The Hall–Kier alpha value is -2.25. The van der Waals surface area contributed by atoms with Crippen molar-refractivity contribution in [2.45, 2.75) is 24.8 Å². The van der Waals surface area contributed by atoms with E-state index in [-0.39, 0.29) is 17.7 Å². The zero-order valence-corrected chi connectivity index (χ0v) is 16.1. The van der Waals surface area contributed by atoms with E-state index in [2.05, 4.69) is 42.8 Å². The van der Waals surface area contributed by atoms with E-state index in [1.165, 1.54) is 11.2 Å². The van der Waals surface area contributed by atoms with Gasteiger partial charge >= 0.3 is 0 Å². The van der Waals surface area contributed by atoms with Gasteiger partial charge in [-0.05, 0) is 35.6 Å². The van der Waals surface area contributed by atoms with Crippen molar-refractivity contribution in [3.63, 3.8) is 0 Å². The summed E-state index contributed by atoms with van der Waals surface area (Å²) in [6, 6.07) is 12.0. The second-order valence-electron chi connectivity index (χ2n) is 6.54. The molecule has 130 valence electrons. The first-order valence-electron chi connectivity index (χ1n) is 8.42. The quantitative estimate of drug-likeness (QED) is 0.654. The van der Waals surface area contributed by atoms with Crippen molar-refractivity contribution >= 4 is 39.0 Å². The number of carbonyl (C=O) groups is 1. The number of halogens is 1. The maximum Gasteiger partial charge on any atom is 0.226 e. The largest absolute Gasteiger partial charge is 0.328 e. The van der Waals surface area contributed by atoms with Crippen LogP contribution in [0, 0.1) is 0 Å². The lowest BCUT2D eigenvalue weighted by Crippen LogP contribution is -2.33. The van der Waals surface area contributed by atoms with E-state index in [0.717, 1.165) is 27.7 Å². The van der Waals surface area contributed by atoms with Gasteiger partial charge in [-0.15, -0.1) is 11.3 Å². The molecule has 5 nitrogen and oxygen atoms in total. The Labute approximate surface area is 162 Å². The number of hydrogen-bond donors (Lipinski definition) is 1. The number of ketones is 1. The Morgan fingerprint density at radius 2 is 2.04 bits per heavy atom. The van der Waals surface area contributed by atoms with Crippen molar-refractivity contribution in [1.82, 2.24) is 14.8 Å². The van der Waals surface area contributed by atoms with Gasteiger partial charge in [-0.25, -0.2) is 4.68 Å². The smallest absolute Gasteiger partial charge is 0.226 e. The number of allylic oxidation sites excluding steroid dienone is 2. The van der Waals surface area contributed by atoms with Gasteiger partial charge in [0.25, 0.3) is 0 Å². The van der Waals surface area contributed by atoms with Crippen LogP contribution in [-0.2, 0) is 4.79 Å². The van der Waals surface area contributed by atoms with E-state index in [0.29, 0.717) is 12.4 Å². The molecule has 2 atom stereocenters. The number of carbonyl (C=O) groups excluding carboxylic acids is 1. The molecule has 0 spiro atoms. The van der Waals surface area contributed by atoms with E-state index in [1.807, 2.05) is 35.0 Å². The zero-order valence-electron chi connectivity index (χ0n) is 13.7. The number of aromatic nitrogens is 3. The number of benzene rings is 1. The summed E-state index contributed by atoms with van der Waals surface area (Å²) < 4.78 is 2.82. The molecule has 3 heterocycles. The molecular formula is C19H15BrN4OS. The third kappa shape index (κ3) is 2.54. The second kappa shape index (κ2) is 6.17. The molecule has 1 aliphatic heterocycles. The number of nitrogens with one attached hydrogen (secondary N) is 1. The van der Waals surface area contributed by atoms with Gasteiger partial charge in [0.05, 0.1) is 0 Å². The van der Waals surface area contributed by atoms with E-state index in [9.17, 15) is 4.79 Å². The van der Waals surface area contributed by atoms with Crippen LogP contribution in [0.3, 0.4) is 0 Å². The van der Waals surface area contributed by atoms with Crippen molar-refractivity contribution in [2.75, 3.05) is 5.32 Å². The van der Waals surface area contributed by atoms with Crippen LogP contribution in [0.1, 0.15) is 35.2 Å². The minimum absolute atomic E-state index is 0.186. The molecule has 2 unspecified atom stereocenters. The molecule has 0 radical (unpaired) electrons.